The Kier molecular flexibility index (Phi) is 3.15. The number of amides is 1. The number of rotatable bonds is 2. The standard InChI is InChI=1S/C7H13ClN2O/c1-5(11)10-3-6-2-9-4-7(6)8/h6-7,9H,2-4H2,1H3,(H,10,11)/t6-,7-/m1/s1. The summed E-state index contributed by atoms with van der Waals surface area (Å²) < 4.78 is 0. The van der Waals surface area contributed by atoms with Crippen LogP contribution in [0.1, 0.15) is 6.92 Å². The highest BCUT2D eigenvalue weighted by molar-refractivity contribution is 6.21. The fraction of sp³-hybridized carbons (Fsp3) is 0.857. The van der Waals surface area contributed by atoms with E-state index in [4.69, 9.17) is 11.6 Å². The first kappa shape index (κ1) is 8.81. The molecule has 1 fully saturated rings. The van der Waals surface area contributed by atoms with Gasteiger partial charge in [-0.2, -0.15) is 0 Å². The number of halogens is 1. The van der Waals surface area contributed by atoms with Crippen LogP contribution in [-0.2, 0) is 4.79 Å². The first-order valence-electron chi connectivity index (χ1n) is 3.79. The minimum Gasteiger partial charge on any atom is -0.356 e. The van der Waals surface area contributed by atoms with Crippen molar-refractivity contribution in [2.75, 3.05) is 19.6 Å². The number of hydrogen-bond acceptors (Lipinski definition) is 2. The van der Waals surface area contributed by atoms with E-state index in [2.05, 4.69) is 10.6 Å². The van der Waals surface area contributed by atoms with Gasteiger partial charge in [-0.3, -0.25) is 4.79 Å². The molecule has 0 aromatic rings. The Balaban J connectivity index is 2.20. The highest BCUT2D eigenvalue weighted by atomic mass is 35.5. The molecule has 1 aliphatic heterocycles. The van der Waals surface area contributed by atoms with Crippen LogP contribution in [0, 0.1) is 5.92 Å². The van der Waals surface area contributed by atoms with Gasteiger partial charge < -0.3 is 10.6 Å². The van der Waals surface area contributed by atoms with E-state index in [1.807, 2.05) is 0 Å². The summed E-state index contributed by atoms with van der Waals surface area (Å²) in [4.78, 5) is 10.5. The molecule has 0 aromatic heterocycles. The van der Waals surface area contributed by atoms with E-state index in [1.165, 1.54) is 6.92 Å². The monoisotopic (exact) mass is 176 g/mol. The van der Waals surface area contributed by atoms with Gasteiger partial charge in [0.15, 0.2) is 0 Å². The van der Waals surface area contributed by atoms with Gasteiger partial charge in [-0.25, -0.2) is 0 Å². The first-order chi connectivity index (χ1) is 5.20. The van der Waals surface area contributed by atoms with Crippen LogP contribution < -0.4 is 10.6 Å². The molecule has 0 aliphatic carbocycles. The number of alkyl halides is 1. The van der Waals surface area contributed by atoms with Crippen molar-refractivity contribution in [2.24, 2.45) is 5.92 Å². The Labute approximate surface area is 71.5 Å². The molecule has 1 heterocycles. The number of carbonyl (C=O) groups is 1. The number of carbonyl (C=O) groups excluding carboxylic acids is 1. The summed E-state index contributed by atoms with van der Waals surface area (Å²) in [6.45, 7) is 3.97. The molecule has 1 rings (SSSR count). The lowest BCUT2D eigenvalue weighted by Gasteiger charge is -2.11. The second-order valence-corrected chi connectivity index (χ2v) is 3.43. The first-order valence-corrected chi connectivity index (χ1v) is 4.23. The minimum atomic E-state index is 0.0146. The maximum absolute atomic E-state index is 10.5. The quantitative estimate of drug-likeness (QED) is 0.580. The van der Waals surface area contributed by atoms with Crippen LogP contribution in [0.3, 0.4) is 0 Å². The molecule has 1 amide bonds. The largest absolute Gasteiger partial charge is 0.356 e. The van der Waals surface area contributed by atoms with Crippen molar-refractivity contribution in [3.8, 4) is 0 Å². The predicted octanol–water partition coefficient (Wildman–Crippen LogP) is -0.0507. The molecule has 2 atom stereocenters. The van der Waals surface area contributed by atoms with Crippen LogP contribution in [0.15, 0.2) is 0 Å². The minimum absolute atomic E-state index is 0.0146. The number of nitrogens with one attached hydrogen (secondary N) is 2. The van der Waals surface area contributed by atoms with Crippen LogP contribution in [0.25, 0.3) is 0 Å². The van der Waals surface area contributed by atoms with Gasteiger partial charge in [-0.1, -0.05) is 0 Å². The number of hydrogen-bond donors (Lipinski definition) is 2. The van der Waals surface area contributed by atoms with Crippen molar-refractivity contribution in [1.29, 1.82) is 0 Å². The lowest BCUT2D eigenvalue weighted by atomic mass is 10.1. The molecule has 0 radical (unpaired) electrons. The van der Waals surface area contributed by atoms with E-state index in [9.17, 15) is 4.79 Å². The Morgan fingerprint density at radius 3 is 2.91 bits per heavy atom. The van der Waals surface area contributed by atoms with E-state index >= 15 is 0 Å². The fourth-order valence-corrected chi connectivity index (χ4v) is 1.46. The summed E-state index contributed by atoms with van der Waals surface area (Å²) in [7, 11) is 0. The molecule has 0 saturated carbocycles. The summed E-state index contributed by atoms with van der Waals surface area (Å²) in [5.41, 5.74) is 0. The van der Waals surface area contributed by atoms with Gasteiger partial charge in [0, 0.05) is 32.5 Å². The molecule has 0 spiro atoms. The predicted molar refractivity (Wildman–Crippen MR) is 44.7 cm³/mol. The second kappa shape index (κ2) is 3.93. The Bertz CT molecular complexity index is 151. The van der Waals surface area contributed by atoms with Gasteiger partial charge in [-0.05, 0) is 0 Å². The molecule has 3 nitrogen and oxygen atoms in total. The molecule has 4 heteroatoms. The summed E-state index contributed by atoms with van der Waals surface area (Å²) in [5.74, 6) is 0.404. The third-order valence-corrected chi connectivity index (χ3v) is 2.38. The van der Waals surface area contributed by atoms with Crippen LogP contribution in [0.4, 0.5) is 0 Å². The van der Waals surface area contributed by atoms with Crippen molar-refractivity contribution in [3.05, 3.63) is 0 Å². The SMILES string of the molecule is CC(=O)NC[C@H]1CNC[C@H]1Cl. The summed E-state index contributed by atoms with van der Waals surface area (Å²) in [6.07, 6.45) is 0. The third-order valence-electron chi connectivity index (χ3n) is 1.87. The molecular weight excluding hydrogens is 164 g/mol. The van der Waals surface area contributed by atoms with Crippen LogP contribution in [-0.4, -0.2) is 30.9 Å². The molecule has 1 saturated heterocycles. The summed E-state index contributed by atoms with van der Waals surface area (Å²) >= 11 is 5.95. The zero-order chi connectivity index (χ0) is 8.27. The normalized spacial score (nSPS) is 30.4. The van der Waals surface area contributed by atoms with Crippen molar-refractivity contribution in [2.45, 2.75) is 12.3 Å². The third kappa shape index (κ3) is 2.67. The van der Waals surface area contributed by atoms with E-state index in [0.717, 1.165) is 13.1 Å². The molecule has 11 heavy (non-hydrogen) atoms. The van der Waals surface area contributed by atoms with Crippen LogP contribution >= 0.6 is 11.6 Å². The molecule has 0 unspecified atom stereocenters. The molecule has 0 bridgehead atoms. The van der Waals surface area contributed by atoms with E-state index in [1.54, 1.807) is 0 Å². The van der Waals surface area contributed by atoms with Crippen LogP contribution in [0.5, 0.6) is 0 Å². The van der Waals surface area contributed by atoms with E-state index < -0.39 is 0 Å². The van der Waals surface area contributed by atoms with Gasteiger partial charge in [0.1, 0.15) is 0 Å². The van der Waals surface area contributed by atoms with Crippen molar-refractivity contribution in [1.82, 2.24) is 10.6 Å². The lowest BCUT2D eigenvalue weighted by Crippen LogP contribution is -2.31. The molecule has 2 N–H and O–H groups in total. The highest BCUT2D eigenvalue weighted by Gasteiger charge is 2.24. The van der Waals surface area contributed by atoms with Crippen molar-refractivity contribution >= 4 is 17.5 Å². The zero-order valence-electron chi connectivity index (χ0n) is 6.56. The zero-order valence-corrected chi connectivity index (χ0v) is 7.32. The van der Waals surface area contributed by atoms with Gasteiger partial charge in [0.2, 0.25) is 5.91 Å². The average Bonchev–Trinajstić information content (AvgIpc) is 2.31. The van der Waals surface area contributed by atoms with E-state index in [0.29, 0.717) is 12.5 Å². The molecule has 1 aliphatic rings. The summed E-state index contributed by atoms with van der Waals surface area (Å²) in [6, 6.07) is 0. The Morgan fingerprint density at radius 1 is 1.73 bits per heavy atom. The van der Waals surface area contributed by atoms with Crippen molar-refractivity contribution < 1.29 is 4.79 Å². The molecule has 0 aromatic carbocycles. The highest BCUT2D eigenvalue weighted by Crippen LogP contribution is 2.13. The Hall–Kier alpha value is -0.280. The van der Waals surface area contributed by atoms with Crippen LogP contribution in [0.2, 0.25) is 0 Å². The van der Waals surface area contributed by atoms with Gasteiger partial charge in [-0.15, -0.1) is 11.6 Å². The lowest BCUT2D eigenvalue weighted by molar-refractivity contribution is -0.119. The Morgan fingerprint density at radius 2 is 2.45 bits per heavy atom. The van der Waals surface area contributed by atoms with Gasteiger partial charge in [0.25, 0.3) is 0 Å². The topological polar surface area (TPSA) is 41.1 Å². The smallest absolute Gasteiger partial charge is 0.216 e. The summed E-state index contributed by atoms with van der Waals surface area (Å²) in [5, 5.41) is 6.09. The molecular formula is C7H13ClN2O. The van der Waals surface area contributed by atoms with Crippen molar-refractivity contribution in [3.63, 3.8) is 0 Å². The van der Waals surface area contributed by atoms with Gasteiger partial charge in [0.05, 0.1) is 5.38 Å². The maximum atomic E-state index is 10.5. The average molecular weight is 177 g/mol. The fourth-order valence-electron chi connectivity index (χ4n) is 1.18. The maximum Gasteiger partial charge on any atom is 0.216 e. The van der Waals surface area contributed by atoms with Gasteiger partial charge >= 0.3 is 0 Å². The van der Waals surface area contributed by atoms with E-state index in [-0.39, 0.29) is 11.3 Å². The molecule has 64 valence electrons. The second-order valence-electron chi connectivity index (χ2n) is 2.87.